The third-order valence-corrected chi connectivity index (χ3v) is 6.36. The smallest absolute Gasteiger partial charge is 0.260 e. The Morgan fingerprint density at radius 3 is 2.28 bits per heavy atom. The molecule has 0 unspecified atom stereocenters. The Labute approximate surface area is 192 Å². The summed E-state index contributed by atoms with van der Waals surface area (Å²) >= 11 is 5.96. The van der Waals surface area contributed by atoms with Gasteiger partial charge in [-0.25, -0.2) is 0 Å². The van der Waals surface area contributed by atoms with Gasteiger partial charge in [0.2, 0.25) is 0 Å². The van der Waals surface area contributed by atoms with Crippen molar-refractivity contribution >= 4 is 23.3 Å². The van der Waals surface area contributed by atoms with E-state index in [1.165, 1.54) is 5.56 Å². The summed E-state index contributed by atoms with van der Waals surface area (Å²) in [5.41, 5.74) is 4.23. The number of carbonyl (C=O) groups is 2. The number of hydrogen-bond donors (Lipinski definition) is 0. The van der Waals surface area contributed by atoms with Gasteiger partial charge in [0.05, 0.1) is 5.56 Å². The van der Waals surface area contributed by atoms with Gasteiger partial charge in [-0.1, -0.05) is 60.1 Å². The number of fused-ring (bicyclic) bond motifs is 3. The molecule has 0 saturated carbocycles. The first-order valence-corrected chi connectivity index (χ1v) is 11.1. The summed E-state index contributed by atoms with van der Waals surface area (Å²) in [4.78, 5) is 29.8. The Kier molecular flexibility index (Phi) is 5.68. The molecule has 1 aliphatic carbocycles. The van der Waals surface area contributed by atoms with E-state index in [0.717, 1.165) is 35.8 Å². The van der Waals surface area contributed by atoms with Gasteiger partial charge in [-0.2, -0.15) is 0 Å². The predicted molar refractivity (Wildman–Crippen MR) is 124 cm³/mol. The van der Waals surface area contributed by atoms with Crippen molar-refractivity contribution in [3.63, 3.8) is 0 Å². The van der Waals surface area contributed by atoms with Crippen LogP contribution in [0.3, 0.4) is 0 Å². The molecule has 1 aliphatic heterocycles. The van der Waals surface area contributed by atoms with Crippen molar-refractivity contribution in [3.05, 3.63) is 88.4 Å². The first-order valence-electron chi connectivity index (χ1n) is 10.7. The summed E-state index contributed by atoms with van der Waals surface area (Å²) in [6.45, 7) is 3.71. The number of ketones is 1. The molecule has 1 heterocycles. The van der Waals surface area contributed by atoms with E-state index in [9.17, 15) is 9.59 Å². The number of amides is 1. The number of rotatable bonds is 5. The quantitative estimate of drug-likeness (QED) is 0.459. The summed E-state index contributed by atoms with van der Waals surface area (Å²) in [6, 6.07) is 21.0. The third kappa shape index (κ3) is 4.01. The van der Waals surface area contributed by atoms with Crippen LogP contribution < -0.4 is 4.74 Å². The van der Waals surface area contributed by atoms with E-state index in [1.54, 1.807) is 6.07 Å². The summed E-state index contributed by atoms with van der Waals surface area (Å²) < 4.78 is 5.86. The lowest BCUT2D eigenvalue weighted by Crippen LogP contribution is -2.49. The zero-order valence-electron chi connectivity index (χ0n) is 17.6. The summed E-state index contributed by atoms with van der Waals surface area (Å²) in [5.74, 6) is 0.365. The van der Waals surface area contributed by atoms with Crippen molar-refractivity contribution in [1.82, 2.24) is 9.80 Å². The minimum Gasteiger partial charge on any atom is -0.483 e. The van der Waals surface area contributed by atoms with E-state index in [1.807, 2.05) is 65.6 Å². The molecular formula is C26H23ClN2O3. The van der Waals surface area contributed by atoms with Crippen LogP contribution in [0.15, 0.2) is 66.7 Å². The van der Waals surface area contributed by atoms with Crippen molar-refractivity contribution in [2.24, 2.45) is 0 Å². The predicted octanol–water partition coefficient (Wildman–Crippen LogP) is 4.27. The fraction of sp³-hybridized carbons (Fsp3) is 0.231. The molecule has 0 bridgehead atoms. The van der Waals surface area contributed by atoms with Crippen molar-refractivity contribution < 1.29 is 14.3 Å². The van der Waals surface area contributed by atoms with Crippen LogP contribution in [0.2, 0.25) is 5.02 Å². The topological polar surface area (TPSA) is 49.9 Å². The number of halogens is 1. The van der Waals surface area contributed by atoms with Gasteiger partial charge in [-0.05, 0) is 34.9 Å². The van der Waals surface area contributed by atoms with Crippen LogP contribution in [0, 0.1) is 0 Å². The van der Waals surface area contributed by atoms with Gasteiger partial charge in [0.15, 0.2) is 12.4 Å². The maximum atomic E-state index is 12.9. The number of carbonyl (C=O) groups excluding carboxylic acids is 2. The molecule has 162 valence electrons. The van der Waals surface area contributed by atoms with Gasteiger partial charge >= 0.3 is 0 Å². The van der Waals surface area contributed by atoms with Gasteiger partial charge in [0.1, 0.15) is 5.75 Å². The normalized spacial score (nSPS) is 15.4. The lowest BCUT2D eigenvalue weighted by Gasteiger charge is -2.34. The maximum absolute atomic E-state index is 12.9. The van der Waals surface area contributed by atoms with Crippen molar-refractivity contribution in [3.8, 4) is 16.9 Å². The molecule has 5 rings (SSSR count). The minimum absolute atomic E-state index is 0.0468. The number of benzene rings is 3. The second-order valence-corrected chi connectivity index (χ2v) is 8.56. The SMILES string of the molecule is O=C1c2ccccc2-c2cccc(OCC(=O)N3CCN(Cc4ccc(Cl)cc4)CC3)c21. The molecule has 1 fully saturated rings. The van der Waals surface area contributed by atoms with Gasteiger partial charge < -0.3 is 9.64 Å². The molecule has 6 heteroatoms. The molecule has 0 atom stereocenters. The van der Waals surface area contributed by atoms with E-state index < -0.39 is 0 Å². The molecule has 0 aromatic heterocycles. The van der Waals surface area contributed by atoms with Gasteiger partial charge in [0.25, 0.3) is 5.91 Å². The Morgan fingerprint density at radius 1 is 0.844 bits per heavy atom. The average molecular weight is 447 g/mol. The molecule has 0 N–H and O–H groups in total. The molecule has 0 spiro atoms. The van der Waals surface area contributed by atoms with Gasteiger partial charge in [-0.15, -0.1) is 0 Å². The lowest BCUT2D eigenvalue weighted by molar-refractivity contribution is -0.135. The van der Waals surface area contributed by atoms with Crippen LogP contribution >= 0.6 is 11.6 Å². The van der Waals surface area contributed by atoms with Crippen molar-refractivity contribution in [2.75, 3.05) is 32.8 Å². The molecule has 0 radical (unpaired) electrons. The first-order chi connectivity index (χ1) is 15.6. The highest BCUT2D eigenvalue weighted by molar-refractivity contribution is 6.30. The van der Waals surface area contributed by atoms with Gasteiger partial charge in [0, 0.05) is 43.3 Å². The zero-order chi connectivity index (χ0) is 22.1. The van der Waals surface area contributed by atoms with Crippen LogP contribution in [0.4, 0.5) is 0 Å². The molecule has 1 amide bonds. The van der Waals surface area contributed by atoms with E-state index in [2.05, 4.69) is 4.90 Å². The van der Waals surface area contributed by atoms with Crippen LogP contribution in [0.1, 0.15) is 21.5 Å². The van der Waals surface area contributed by atoms with E-state index in [-0.39, 0.29) is 18.3 Å². The number of ether oxygens (including phenoxy) is 1. The van der Waals surface area contributed by atoms with Crippen molar-refractivity contribution in [2.45, 2.75) is 6.54 Å². The highest BCUT2D eigenvalue weighted by atomic mass is 35.5. The van der Waals surface area contributed by atoms with Crippen LogP contribution in [-0.4, -0.2) is 54.3 Å². The number of hydrogen-bond acceptors (Lipinski definition) is 4. The second-order valence-electron chi connectivity index (χ2n) is 8.13. The summed E-state index contributed by atoms with van der Waals surface area (Å²) in [5, 5.41) is 0.735. The molecular weight excluding hydrogens is 424 g/mol. The largest absolute Gasteiger partial charge is 0.483 e. The zero-order valence-corrected chi connectivity index (χ0v) is 18.3. The Hall–Kier alpha value is -3.15. The fourth-order valence-corrected chi connectivity index (χ4v) is 4.52. The maximum Gasteiger partial charge on any atom is 0.260 e. The molecule has 5 nitrogen and oxygen atoms in total. The van der Waals surface area contributed by atoms with Crippen LogP contribution in [-0.2, 0) is 11.3 Å². The second kappa shape index (κ2) is 8.77. The monoisotopic (exact) mass is 446 g/mol. The molecule has 3 aromatic carbocycles. The van der Waals surface area contributed by atoms with E-state index in [0.29, 0.717) is 30.0 Å². The third-order valence-electron chi connectivity index (χ3n) is 6.11. The number of piperazine rings is 1. The molecule has 32 heavy (non-hydrogen) atoms. The first kappa shape index (κ1) is 20.7. The summed E-state index contributed by atoms with van der Waals surface area (Å²) in [6.07, 6.45) is 0. The standard InChI is InChI=1S/C26H23ClN2O3/c27-19-10-8-18(9-11-19)16-28-12-14-29(15-13-28)24(30)17-32-23-7-3-6-21-20-4-1-2-5-22(20)26(31)25(21)23/h1-11H,12-17H2. The Morgan fingerprint density at radius 2 is 1.53 bits per heavy atom. The van der Waals surface area contributed by atoms with Crippen LogP contribution in [0.25, 0.3) is 11.1 Å². The summed E-state index contributed by atoms with van der Waals surface area (Å²) in [7, 11) is 0. The Balaban J connectivity index is 1.18. The molecule has 1 saturated heterocycles. The fourth-order valence-electron chi connectivity index (χ4n) is 4.39. The van der Waals surface area contributed by atoms with Crippen LogP contribution in [0.5, 0.6) is 5.75 Å². The average Bonchev–Trinajstić information content (AvgIpc) is 3.12. The van der Waals surface area contributed by atoms with Crippen molar-refractivity contribution in [1.29, 1.82) is 0 Å². The Bertz CT molecular complexity index is 1170. The highest BCUT2D eigenvalue weighted by Gasteiger charge is 2.30. The lowest BCUT2D eigenvalue weighted by atomic mass is 10.1. The number of nitrogens with zero attached hydrogens (tertiary/aromatic N) is 2. The van der Waals surface area contributed by atoms with E-state index in [4.69, 9.17) is 16.3 Å². The van der Waals surface area contributed by atoms with E-state index >= 15 is 0 Å². The molecule has 2 aliphatic rings. The highest BCUT2D eigenvalue weighted by Crippen LogP contribution is 2.40. The van der Waals surface area contributed by atoms with Gasteiger partial charge in [-0.3, -0.25) is 14.5 Å². The molecule has 3 aromatic rings. The minimum atomic E-state index is -0.0722.